The summed E-state index contributed by atoms with van der Waals surface area (Å²) in [5.74, 6) is 0.506. The fourth-order valence-electron chi connectivity index (χ4n) is 2.23. The third-order valence-corrected chi connectivity index (χ3v) is 3.20. The van der Waals surface area contributed by atoms with Gasteiger partial charge in [0.25, 0.3) is 0 Å². The van der Waals surface area contributed by atoms with Crippen molar-refractivity contribution in [3.63, 3.8) is 0 Å². The van der Waals surface area contributed by atoms with E-state index in [2.05, 4.69) is 10.3 Å². The normalized spacial score (nSPS) is 12.2. The van der Waals surface area contributed by atoms with E-state index < -0.39 is 0 Å². The van der Waals surface area contributed by atoms with Crippen molar-refractivity contribution in [3.8, 4) is 5.75 Å². The second-order valence-corrected chi connectivity index (χ2v) is 4.59. The van der Waals surface area contributed by atoms with Crippen LogP contribution in [-0.2, 0) is 0 Å². The van der Waals surface area contributed by atoms with Crippen LogP contribution in [0.25, 0.3) is 0 Å². The lowest BCUT2D eigenvalue weighted by Crippen LogP contribution is -2.19. The molecule has 0 bridgehead atoms. The maximum absolute atomic E-state index is 14.3. The maximum atomic E-state index is 14.3. The molecule has 2 aromatic rings. The van der Waals surface area contributed by atoms with Crippen molar-refractivity contribution in [2.45, 2.75) is 19.9 Å². The Balaban J connectivity index is 2.41. The molecule has 0 saturated heterocycles. The van der Waals surface area contributed by atoms with Crippen molar-refractivity contribution in [1.29, 1.82) is 0 Å². The van der Waals surface area contributed by atoms with E-state index in [-0.39, 0.29) is 11.9 Å². The zero-order valence-corrected chi connectivity index (χ0v) is 12.0. The predicted molar refractivity (Wildman–Crippen MR) is 77.4 cm³/mol. The molecule has 1 aromatic heterocycles. The number of halogens is 1. The fourth-order valence-corrected chi connectivity index (χ4v) is 2.23. The van der Waals surface area contributed by atoms with Crippen molar-refractivity contribution in [3.05, 3.63) is 59.2 Å². The summed E-state index contributed by atoms with van der Waals surface area (Å²) in [6, 6.07) is 7.05. The number of hydrogen-bond donors (Lipinski definition) is 1. The summed E-state index contributed by atoms with van der Waals surface area (Å²) in [4.78, 5) is 4.16. The van der Waals surface area contributed by atoms with Gasteiger partial charge in [0, 0.05) is 11.8 Å². The van der Waals surface area contributed by atoms with E-state index in [1.165, 1.54) is 0 Å². The molecule has 2 rings (SSSR count). The number of benzene rings is 1. The highest BCUT2D eigenvalue weighted by Gasteiger charge is 2.18. The summed E-state index contributed by atoms with van der Waals surface area (Å²) in [6.45, 7) is 4.26. The third kappa shape index (κ3) is 2.96. The number of hydrogen-bond acceptors (Lipinski definition) is 3. The first-order valence-electron chi connectivity index (χ1n) is 6.67. The Bertz CT molecular complexity index is 586. The molecule has 20 heavy (non-hydrogen) atoms. The van der Waals surface area contributed by atoms with Gasteiger partial charge >= 0.3 is 0 Å². The maximum Gasteiger partial charge on any atom is 0.137 e. The third-order valence-electron chi connectivity index (χ3n) is 3.20. The highest BCUT2D eigenvalue weighted by molar-refractivity contribution is 5.36. The first kappa shape index (κ1) is 14.5. The van der Waals surface area contributed by atoms with Crippen LogP contribution in [0.4, 0.5) is 4.39 Å². The van der Waals surface area contributed by atoms with Crippen LogP contribution in [-0.4, -0.2) is 18.6 Å². The highest BCUT2D eigenvalue weighted by Crippen LogP contribution is 2.27. The number of aryl methyl sites for hydroxylation is 1. The van der Waals surface area contributed by atoms with Crippen molar-refractivity contribution in [2.75, 3.05) is 13.7 Å². The van der Waals surface area contributed by atoms with E-state index in [1.54, 1.807) is 38.5 Å². The van der Waals surface area contributed by atoms with Crippen LogP contribution in [0.2, 0.25) is 0 Å². The summed E-state index contributed by atoms with van der Waals surface area (Å²) in [5.41, 5.74) is 2.13. The van der Waals surface area contributed by atoms with Gasteiger partial charge in [-0.2, -0.15) is 0 Å². The van der Waals surface area contributed by atoms with E-state index in [4.69, 9.17) is 4.74 Å². The van der Waals surface area contributed by atoms with Crippen LogP contribution in [0.15, 0.2) is 36.7 Å². The van der Waals surface area contributed by atoms with Crippen molar-refractivity contribution in [2.24, 2.45) is 0 Å². The fraction of sp³-hybridized carbons (Fsp3) is 0.312. The van der Waals surface area contributed by atoms with Crippen LogP contribution >= 0.6 is 0 Å². The van der Waals surface area contributed by atoms with E-state index >= 15 is 0 Å². The van der Waals surface area contributed by atoms with Gasteiger partial charge in [-0.1, -0.05) is 18.2 Å². The van der Waals surface area contributed by atoms with Crippen molar-refractivity contribution >= 4 is 0 Å². The molecule has 0 aliphatic carbocycles. The minimum absolute atomic E-state index is 0.186. The van der Waals surface area contributed by atoms with Gasteiger partial charge in [0.1, 0.15) is 11.6 Å². The number of pyridine rings is 1. The van der Waals surface area contributed by atoms with Gasteiger partial charge in [0.15, 0.2) is 0 Å². The first-order chi connectivity index (χ1) is 9.67. The van der Waals surface area contributed by atoms with Gasteiger partial charge < -0.3 is 10.1 Å². The zero-order chi connectivity index (χ0) is 14.5. The molecule has 4 heteroatoms. The number of nitrogens with zero attached hydrogens (tertiary/aromatic N) is 1. The lowest BCUT2D eigenvalue weighted by atomic mass is 9.98. The molecule has 3 nitrogen and oxygen atoms in total. The highest BCUT2D eigenvalue weighted by atomic mass is 19.1. The summed E-state index contributed by atoms with van der Waals surface area (Å²) in [6.07, 6.45) is 3.39. The van der Waals surface area contributed by atoms with Crippen molar-refractivity contribution in [1.82, 2.24) is 10.3 Å². The van der Waals surface area contributed by atoms with E-state index in [0.717, 1.165) is 5.56 Å². The topological polar surface area (TPSA) is 34.1 Å². The zero-order valence-electron chi connectivity index (χ0n) is 12.0. The molecule has 0 fully saturated rings. The van der Waals surface area contributed by atoms with Crippen LogP contribution in [0.3, 0.4) is 0 Å². The molecule has 1 aromatic carbocycles. The molecular formula is C16H19FN2O. The second-order valence-electron chi connectivity index (χ2n) is 4.59. The molecule has 1 N–H and O–H groups in total. The summed E-state index contributed by atoms with van der Waals surface area (Å²) in [5, 5.41) is 3.14. The molecule has 0 aliphatic heterocycles. The molecule has 1 unspecified atom stereocenters. The van der Waals surface area contributed by atoms with Gasteiger partial charge in [-0.25, -0.2) is 4.39 Å². The Morgan fingerprint density at radius 2 is 2.15 bits per heavy atom. The number of nitrogens with one attached hydrogen (secondary N) is 1. The Kier molecular flexibility index (Phi) is 4.69. The van der Waals surface area contributed by atoms with Crippen LogP contribution in [0.1, 0.15) is 29.7 Å². The lowest BCUT2D eigenvalue weighted by Gasteiger charge is -2.19. The van der Waals surface area contributed by atoms with Crippen LogP contribution < -0.4 is 10.1 Å². The molecule has 0 saturated carbocycles. The minimum atomic E-state index is -0.247. The van der Waals surface area contributed by atoms with Gasteiger partial charge in [-0.3, -0.25) is 4.98 Å². The number of rotatable bonds is 5. The van der Waals surface area contributed by atoms with Crippen LogP contribution in [0, 0.1) is 12.7 Å². The number of ether oxygens (including phenoxy) is 1. The van der Waals surface area contributed by atoms with Gasteiger partial charge in [-0.15, -0.1) is 0 Å². The van der Waals surface area contributed by atoms with Gasteiger partial charge in [0.2, 0.25) is 0 Å². The average Bonchev–Trinajstić information content (AvgIpc) is 2.45. The number of aromatic nitrogens is 1. The Morgan fingerprint density at radius 1 is 1.35 bits per heavy atom. The van der Waals surface area contributed by atoms with Crippen LogP contribution in [0.5, 0.6) is 5.75 Å². The molecule has 1 heterocycles. The Morgan fingerprint density at radius 3 is 2.85 bits per heavy atom. The molecule has 106 valence electrons. The second kappa shape index (κ2) is 6.48. The summed E-state index contributed by atoms with van der Waals surface area (Å²) < 4.78 is 19.7. The molecular weight excluding hydrogens is 255 g/mol. The smallest absolute Gasteiger partial charge is 0.137 e. The monoisotopic (exact) mass is 274 g/mol. The van der Waals surface area contributed by atoms with E-state index in [0.29, 0.717) is 23.5 Å². The average molecular weight is 274 g/mol. The van der Waals surface area contributed by atoms with E-state index in [1.807, 2.05) is 19.1 Å². The molecule has 0 aliphatic rings. The standard InChI is InChI=1S/C16H19FN2O/c1-4-20-13-8-12(9-19-10-13)16(18-3)14-7-5-6-11(2)15(14)17/h5-10,16,18H,4H2,1-3H3. The predicted octanol–water partition coefficient (Wildman–Crippen LogP) is 3.24. The van der Waals surface area contributed by atoms with Gasteiger partial charge in [0.05, 0.1) is 18.8 Å². The SMILES string of the molecule is CCOc1cncc(C(NC)c2cccc(C)c2F)c1. The summed E-state index contributed by atoms with van der Waals surface area (Å²) >= 11 is 0. The molecule has 0 radical (unpaired) electrons. The quantitative estimate of drug-likeness (QED) is 0.909. The minimum Gasteiger partial charge on any atom is -0.492 e. The van der Waals surface area contributed by atoms with Crippen molar-refractivity contribution < 1.29 is 9.13 Å². The lowest BCUT2D eigenvalue weighted by molar-refractivity contribution is 0.338. The summed E-state index contributed by atoms with van der Waals surface area (Å²) in [7, 11) is 1.81. The molecule has 0 spiro atoms. The largest absolute Gasteiger partial charge is 0.492 e. The molecule has 1 atom stereocenters. The Hall–Kier alpha value is -1.94. The first-order valence-corrected chi connectivity index (χ1v) is 6.67. The van der Waals surface area contributed by atoms with Gasteiger partial charge in [-0.05, 0) is 38.1 Å². The van der Waals surface area contributed by atoms with E-state index in [9.17, 15) is 4.39 Å². The molecule has 0 amide bonds. The Labute approximate surface area is 118 Å².